The van der Waals surface area contributed by atoms with Crippen LogP contribution < -0.4 is 5.32 Å². The van der Waals surface area contributed by atoms with Crippen LogP contribution in [0.25, 0.3) is 0 Å². The Morgan fingerprint density at radius 1 is 1.26 bits per heavy atom. The Balaban J connectivity index is 2.11. The van der Waals surface area contributed by atoms with Crippen molar-refractivity contribution in [1.29, 1.82) is 5.26 Å². The van der Waals surface area contributed by atoms with Crippen LogP contribution >= 0.6 is 15.9 Å². The zero-order chi connectivity index (χ0) is 16.7. The number of halogens is 1. The monoisotopic (exact) mass is 371 g/mol. The van der Waals surface area contributed by atoms with Crippen LogP contribution in [0.2, 0.25) is 0 Å². The summed E-state index contributed by atoms with van der Waals surface area (Å²) in [4.78, 5) is 14.2. The fourth-order valence-corrected chi connectivity index (χ4v) is 2.68. The van der Waals surface area contributed by atoms with Gasteiger partial charge >= 0.3 is 6.03 Å². The first-order chi connectivity index (χ1) is 11.1. The minimum Gasteiger partial charge on any atom is -0.319 e. The highest BCUT2D eigenvalue weighted by Gasteiger charge is 2.14. The highest BCUT2D eigenvalue weighted by molar-refractivity contribution is 9.10. The molecular weight excluding hydrogens is 354 g/mol. The Kier molecular flexibility index (Phi) is 6.19. The molecule has 0 bridgehead atoms. The molecule has 1 N–H and O–H groups in total. The molecule has 2 aromatic carbocycles. The van der Waals surface area contributed by atoms with Crippen LogP contribution in [0.5, 0.6) is 0 Å². The van der Waals surface area contributed by atoms with Crippen LogP contribution in [0.4, 0.5) is 10.5 Å². The Hall–Kier alpha value is -2.32. The molecule has 0 spiro atoms. The summed E-state index contributed by atoms with van der Waals surface area (Å²) < 4.78 is 0.971. The Labute approximate surface area is 144 Å². The molecule has 0 aliphatic rings. The smallest absolute Gasteiger partial charge is 0.319 e. The summed E-state index contributed by atoms with van der Waals surface area (Å²) in [6, 6.07) is 17.4. The maximum absolute atomic E-state index is 12.6. The number of hydrogen-bond acceptors (Lipinski definition) is 2. The summed E-state index contributed by atoms with van der Waals surface area (Å²) in [5, 5.41) is 11.7. The molecule has 0 heterocycles. The first kappa shape index (κ1) is 17.0. The predicted molar refractivity (Wildman–Crippen MR) is 95.0 cm³/mol. The van der Waals surface area contributed by atoms with Crippen molar-refractivity contribution in [3.05, 3.63) is 64.1 Å². The maximum atomic E-state index is 12.6. The van der Waals surface area contributed by atoms with Crippen molar-refractivity contribution >= 4 is 27.6 Å². The van der Waals surface area contributed by atoms with Crippen molar-refractivity contribution in [2.24, 2.45) is 0 Å². The summed E-state index contributed by atoms with van der Waals surface area (Å²) in [6.45, 7) is 2.81. The lowest BCUT2D eigenvalue weighted by Gasteiger charge is -2.23. The third-order valence-electron chi connectivity index (χ3n) is 3.43. The third kappa shape index (κ3) is 5.11. The van der Waals surface area contributed by atoms with Gasteiger partial charge in [0.15, 0.2) is 0 Å². The van der Waals surface area contributed by atoms with Gasteiger partial charge in [-0.2, -0.15) is 5.26 Å². The number of nitriles is 1. The zero-order valence-electron chi connectivity index (χ0n) is 12.9. The lowest BCUT2D eigenvalue weighted by Crippen LogP contribution is -2.35. The molecule has 5 heteroatoms. The molecule has 0 atom stereocenters. The molecule has 2 rings (SSSR count). The molecule has 0 aromatic heterocycles. The lowest BCUT2D eigenvalue weighted by molar-refractivity contribution is 0.210. The number of benzene rings is 2. The van der Waals surface area contributed by atoms with E-state index in [1.807, 2.05) is 55.5 Å². The zero-order valence-corrected chi connectivity index (χ0v) is 14.5. The number of nitrogens with zero attached hydrogens (tertiary/aromatic N) is 2. The average molecular weight is 372 g/mol. The fraction of sp³-hybridized carbons (Fsp3) is 0.222. The van der Waals surface area contributed by atoms with E-state index in [2.05, 4.69) is 27.3 Å². The Morgan fingerprint density at radius 3 is 2.65 bits per heavy atom. The van der Waals surface area contributed by atoms with E-state index in [1.165, 1.54) is 0 Å². The van der Waals surface area contributed by atoms with E-state index < -0.39 is 0 Å². The molecule has 0 saturated carbocycles. The number of carbonyl (C=O) groups is 1. The number of amides is 2. The number of hydrogen-bond donors (Lipinski definition) is 1. The van der Waals surface area contributed by atoms with Crippen molar-refractivity contribution < 1.29 is 4.79 Å². The quantitative estimate of drug-likeness (QED) is 0.827. The molecular formula is C18H18BrN3O. The number of carbonyl (C=O) groups excluding carboxylic acids is 1. The molecule has 0 fully saturated rings. The molecule has 0 aliphatic carbocycles. The molecule has 0 aliphatic heterocycles. The van der Waals surface area contributed by atoms with Crippen molar-refractivity contribution in [2.45, 2.75) is 19.9 Å². The van der Waals surface area contributed by atoms with E-state index in [4.69, 9.17) is 5.26 Å². The fourth-order valence-electron chi connectivity index (χ4n) is 2.20. The Morgan fingerprint density at radius 2 is 2.00 bits per heavy atom. The molecule has 118 valence electrons. The first-order valence-electron chi connectivity index (χ1n) is 7.33. The van der Waals surface area contributed by atoms with Gasteiger partial charge in [-0.1, -0.05) is 46.3 Å². The van der Waals surface area contributed by atoms with Crippen LogP contribution in [0.1, 0.15) is 17.5 Å². The molecule has 4 nitrogen and oxygen atoms in total. The second-order valence-electron chi connectivity index (χ2n) is 5.20. The number of anilines is 1. The topological polar surface area (TPSA) is 56.1 Å². The second kappa shape index (κ2) is 8.35. The average Bonchev–Trinajstić information content (AvgIpc) is 2.55. The highest BCUT2D eigenvalue weighted by Crippen LogP contribution is 2.20. The van der Waals surface area contributed by atoms with Gasteiger partial charge < -0.3 is 10.2 Å². The van der Waals surface area contributed by atoms with E-state index in [0.29, 0.717) is 19.5 Å². The van der Waals surface area contributed by atoms with E-state index in [1.54, 1.807) is 4.90 Å². The standard InChI is InChI=1S/C18H18BrN3O/c1-14-12-16(19)8-9-17(14)21-18(23)22(11-5-10-20)13-15-6-3-2-4-7-15/h2-4,6-9,12H,5,11,13H2,1H3,(H,21,23). The van der Waals surface area contributed by atoms with Gasteiger partial charge in [-0.3, -0.25) is 0 Å². The maximum Gasteiger partial charge on any atom is 0.322 e. The normalized spacial score (nSPS) is 9.96. The van der Waals surface area contributed by atoms with E-state index in [9.17, 15) is 4.79 Å². The van der Waals surface area contributed by atoms with E-state index in [0.717, 1.165) is 21.3 Å². The van der Waals surface area contributed by atoms with Gasteiger partial charge in [-0.05, 0) is 36.2 Å². The largest absolute Gasteiger partial charge is 0.322 e. The summed E-state index contributed by atoms with van der Waals surface area (Å²) in [5.74, 6) is 0. The van der Waals surface area contributed by atoms with Gasteiger partial charge in [-0.25, -0.2) is 4.79 Å². The molecule has 2 aromatic rings. The van der Waals surface area contributed by atoms with Gasteiger partial charge in [0, 0.05) is 23.2 Å². The minimum atomic E-state index is -0.200. The molecule has 0 radical (unpaired) electrons. The van der Waals surface area contributed by atoms with Crippen LogP contribution in [0.15, 0.2) is 53.0 Å². The summed E-state index contributed by atoms with van der Waals surface area (Å²) >= 11 is 3.41. The van der Waals surface area contributed by atoms with Crippen molar-refractivity contribution in [2.75, 3.05) is 11.9 Å². The van der Waals surface area contributed by atoms with Gasteiger partial charge in [0.25, 0.3) is 0 Å². The van der Waals surface area contributed by atoms with Crippen LogP contribution in [-0.2, 0) is 6.54 Å². The van der Waals surface area contributed by atoms with Crippen molar-refractivity contribution in [3.8, 4) is 6.07 Å². The molecule has 23 heavy (non-hydrogen) atoms. The van der Waals surface area contributed by atoms with Gasteiger partial charge in [0.05, 0.1) is 12.5 Å². The number of rotatable bonds is 5. The summed E-state index contributed by atoms with van der Waals surface area (Å²) in [5.41, 5.74) is 2.79. The van der Waals surface area contributed by atoms with Crippen LogP contribution in [0, 0.1) is 18.3 Å². The van der Waals surface area contributed by atoms with Crippen molar-refractivity contribution in [3.63, 3.8) is 0 Å². The van der Waals surface area contributed by atoms with Gasteiger partial charge in [0.2, 0.25) is 0 Å². The number of nitrogens with one attached hydrogen (secondary N) is 1. The first-order valence-corrected chi connectivity index (χ1v) is 8.12. The highest BCUT2D eigenvalue weighted by atomic mass is 79.9. The molecule has 2 amide bonds. The van der Waals surface area contributed by atoms with Crippen LogP contribution in [-0.4, -0.2) is 17.5 Å². The number of urea groups is 1. The minimum absolute atomic E-state index is 0.200. The van der Waals surface area contributed by atoms with Crippen LogP contribution in [0.3, 0.4) is 0 Å². The molecule has 0 saturated heterocycles. The van der Waals surface area contributed by atoms with E-state index in [-0.39, 0.29) is 6.03 Å². The summed E-state index contributed by atoms with van der Waals surface area (Å²) in [7, 11) is 0. The van der Waals surface area contributed by atoms with Gasteiger partial charge in [0.1, 0.15) is 0 Å². The van der Waals surface area contributed by atoms with Crippen molar-refractivity contribution in [1.82, 2.24) is 4.90 Å². The number of aryl methyl sites for hydroxylation is 1. The SMILES string of the molecule is Cc1cc(Br)ccc1NC(=O)N(CCC#N)Cc1ccccc1. The third-order valence-corrected chi connectivity index (χ3v) is 3.92. The predicted octanol–water partition coefficient (Wildman–Crippen LogP) is 4.71. The Bertz CT molecular complexity index is 710. The van der Waals surface area contributed by atoms with Gasteiger partial charge in [-0.15, -0.1) is 0 Å². The second-order valence-corrected chi connectivity index (χ2v) is 6.12. The molecule has 0 unspecified atom stereocenters. The summed E-state index contributed by atoms with van der Waals surface area (Å²) in [6.07, 6.45) is 0.305. The van der Waals surface area contributed by atoms with E-state index >= 15 is 0 Å². The lowest BCUT2D eigenvalue weighted by atomic mass is 10.2.